The van der Waals surface area contributed by atoms with E-state index in [4.69, 9.17) is 0 Å². The molecule has 0 spiro atoms. The average Bonchev–Trinajstić information content (AvgIpc) is 2.26. The van der Waals surface area contributed by atoms with Crippen LogP contribution in [0, 0.1) is 5.92 Å². The summed E-state index contributed by atoms with van der Waals surface area (Å²) in [6.07, 6.45) is 0. The highest BCUT2D eigenvalue weighted by Gasteiger charge is 2.25. The van der Waals surface area contributed by atoms with Crippen LogP contribution in [-0.2, 0) is 15.6 Å². The molecule has 1 rings (SSSR count). The summed E-state index contributed by atoms with van der Waals surface area (Å²) < 4.78 is 25.8. The van der Waals surface area contributed by atoms with Crippen LogP contribution in [0.5, 0.6) is 0 Å². The number of nitrogens with one attached hydrogen (secondary N) is 1. The molecule has 1 atom stereocenters. The molecule has 0 unspecified atom stereocenters. The van der Waals surface area contributed by atoms with E-state index in [2.05, 4.69) is 4.72 Å². The molecule has 0 radical (unpaired) electrons. The monoisotopic (exact) mass is 271 g/mol. The van der Waals surface area contributed by atoms with Gasteiger partial charge in [0.25, 0.3) is 0 Å². The Hall–Kier alpha value is -0.910. The van der Waals surface area contributed by atoms with Crippen LogP contribution in [0.2, 0.25) is 0 Å². The molecular formula is C13H21NO3S. The van der Waals surface area contributed by atoms with E-state index in [0.29, 0.717) is 5.56 Å². The highest BCUT2D eigenvalue weighted by molar-refractivity contribution is 7.89. The van der Waals surface area contributed by atoms with E-state index in [0.717, 1.165) is 0 Å². The fourth-order valence-corrected chi connectivity index (χ4v) is 3.14. The van der Waals surface area contributed by atoms with Crippen LogP contribution < -0.4 is 4.72 Å². The van der Waals surface area contributed by atoms with Crippen LogP contribution in [0.4, 0.5) is 0 Å². The lowest BCUT2D eigenvalue weighted by Gasteiger charge is -2.24. The van der Waals surface area contributed by atoms with E-state index in [1.54, 1.807) is 19.1 Å². The number of hydrogen-bond acceptors (Lipinski definition) is 3. The van der Waals surface area contributed by atoms with Gasteiger partial charge in [-0.05, 0) is 18.4 Å². The maximum Gasteiger partial charge on any atom is 0.211 e. The lowest BCUT2D eigenvalue weighted by molar-refractivity contribution is 0.0627. The summed E-state index contributed by atoms with van der Waals surface area (Å²) in [6, 6.07) is 9.02. The van der Waals surface area contributed by atoms with Crippen LogP contribution in [0.3, 0.4) is 0 Å². The predicted octanol–water partition coefficient (Wildman–Crippen LogP) is 1.47. The van der Waals surface area contributed by atoms with E-state index in [9.17, 15) is 13.5 Å². The summed E-state index contributed by atoms with van der Waals surface area (Å²) in [5, 5.41) is 10.3. The molecule has 0 bridgehead atoms. The highest BCUT2D eigenvalue weighted by atomic mass is 32.2. The zero-order chi connectivity index (χ0) is 13.8. The summed E-state index contributed by atoms with van der Waals surface area (Å²) in [7, 11) is -3.33. The second kappa shape index (κ2) is 5.82. The standard InChI is InChI=1S/C13H21NO3S/c1-11(2)9-18(16,17)14-10-13(3,15)12-7-5-4-6-8-12/h4-8,11,14-15H,9-10H2,1-3H3/t13-/m1/s1. The lowest BCUT2D eigenvalue weighted by atomic mass is 9.97. The zero-order valence-corrected chi connectivity index (χ0v) is 11.9. The summed E-state index contributed by atoms with van der Waals surface area (Å²) in [4.78, 5) is 0. The van der Waals surface area contributed by atoms with Crippen LogP contribution >= 0.6 is 0 Å². The van der Waals surface area contributed by atoms with Gasteiger partial charge in [-0.25, -0.2) is 13.1 Å². The molecule has 0 heterocycles. The van der Waals surface area contributed by atoms with E-state index in [1.807, 2.05) is 32.0 Å². The van der Waals surface area contributed by atoms with Gasteiger partial charge in [-0.3, -0.25) is 0 Å². The van der Waals surface area contributed by atoms with Gasteiger partial charge in [0.05, 0.1) is 5.75 Å². The molecule has 0 saturated carbocycles. The first kappa shape index (κ1) is 15.1. The van der Waals surface area contributed by atoms with Crippen molar-refractivity contribution in [2.75, 3.05) is 12.3 Å². The maximum absolute atomic E-state index is 11.7. The highest BCUT2D eigenvalue weighted by Crippen LogP contribution is 2.19. The largest absolute Gasteiger partial charge is 0.384 e. The summed E-state index contributed by atoms with van der Waals surface area (Å²) in [5.41, 5.74) is -0.511. The number of benzene rings is 1. The van der Waals surface area contributed by atoms with Gasteiger partial charge in [0.15, 0.2) is 0 Å². The summed E-state index contributed by atoms with van der Waals surface area (Å²) in [5.74, 6) is 0.127. The molecule has 102 valence electrons. The SMILES string of the molecule is CC(C)CS(=O)(=O)NC[C@@](C)(O)c1ccccc1. The minimum absolute atomic E-state index is 0.0218. The molecular weight excluding hydrogens is 250 g/mol. The predicted molar refractivity (Wildman–Crippen MR) is 72.6 cm³/mol. The average molecular weight is 271 g/mol. The maximum atomic E-state index is 11.7. The van der Waals surface area contributed by atoms with Crippen molar-refractivity contribution in [1.82, 2.24) is 4.72 Å². The fraction of sp³-hybridized carbons (Fsp3) is 0.538. The minimum Gasteiger partial charge on any atom is -0.384 e. The third-order valence-corrected chi connectivity index (χ3v) is 4.27. The third-order valence-electron chi connectivity index (χ3n) is 2.58. The van der Waals surface area contributed by atoms with Gasteiger partial charge >= 0.3 is 0 Å². The Morgan fingerprint density at radius 1 is 1.28 bits per heavy atom. The molecule has 0 aromatic heterocycles. The second-order valence-corrected chi connectivity index (χ2v) is 6.99. The molecule has 5 heteroatoms. The summed E-state index contributed by atoms with van der Waals surface area (Å²) >= 11 is 0. The van der Waals surface area contributed by atoms with Crippen molar-refractivity contribution >= 4 is 10.0 Å². The van der Waals surface area contributed by atoms with Crippen LogP contribution in [0.25, 0.3) is 0 Å². The summed E-state index contributed by atoms with van der Waals surface area (Å²) in [6.45, 7) is 5.26. The van der Waals surface area contributed by atoms with Crippen molar-refractivity contribution < 1.29 is 13.5 Å². The Balaban J connectivity index is 2.68. The number of aliphatic hydroxyl groups is 1. The number of rotatable bonds is 6. The quantitative estimate of drug-likeness (QED) is 0.823. The molecule has 0 saturated heterocycles. The van der Waals surface area contributed by atoms with Crippen LogP contribution in [0.1, 0.15) is 26.3 Å². The Labute approximate surface area is 109 Å². The van der Waals surface area contributed by atoms with Gasteiger partial charge < -0.3 is 5.11 Å². The Morgan fingerprint density at radius 3 is 2.33 bits per heavy atom. The lowest BCUT2D eigenvalue weighted by Crippen LogP contribution is -2.40. The Morgan fingerprint density at radius 2 is 1.83 bits per heavy atom. The molecule has 2 N–H and O–H groups in total. The topological polar surface area (TPSA) is 66.4 Å². The van der Waals surface area contributed by atoms with E-state index in [1.165, 1.54) is 0 Å². The van der Waals surface area contributed by atoms with Crippen molar-refractivity contribution in [2.24, 2.45) is 5.92 Å². The van der Waals surface area contributed by atoms with Gasteiger partial charge in [0, 0.05) is 6.54 Å². The molecule has 0 fully saturated rings. The third kappa shape index (κ3) is 4.76. The number of sulfonamides is 1. The molecule has 0 amide bonds. The molecule has 0 aliphatic heterocycles. The first-order valence-electron chi connectivity index (χ1n) is 5.98. The van der Waals surface area contributed by atoms with Crippen molar-refractivity contribution in [3.05, 3.63) is 35.9 Å². The minimum atomic E-state index is -3.33. The van der Waals surface area contributed by atoms with E-state index >= 15 is 0 Å². The molecule has 0 aliphatic rings. The van der Waals surface area contributed by atoms with Crippen molar-refractivity contribution in [3.8, 4) is 0 Å². The van der Waals surface area contributed by atoms with Crippen molar-refractivity contribution in [2.45, 2.75) is 26.4 Å². The van der Waals surface area contributed by atoms with Gasteiger partial charge in [0.2, 0.25) is 10.0 Å². The van der Waals surface area contributed by atoms with Crippen LogP contribution in [-0.4, -0.2) is 25.8 Å². The molecule has 1 aromatic rings. The smallest absolute Gasteiger partial charge is 0.211 e. The molecule has 4 nitrogen and oxygen atoms in total. The molecule has 0 aliphatic carbocycles. The molecule has 18 heavy (non-hydrogen) atoms. The Kier molecular flexibility index (Phi) is 4.90. The van der Waals surface area contributed by atoms with Crippen LogP contribution in [0.15, 0.2) is 30.3 Å². The first-order chi connectivity index (χ1) is 8.23. The van der Waals surface area contributed by atoms with Gasteiger partial charge in [-0.1, -0.05) is 44.2 Å². The zero-order valence-electron chi connectivity index (χ0n) is 11.1. The molecule has 1 aromatic carbocycles. The van der Waals surface area contributed by atoms with Crippen molar-refractivity contribution in [1.29, 1.82) is 0 Å². The fourth-order valence-electron chi connectivity index (χ4n) is 1.65. The number of hydrogen-bond donors (Lipinski definition) is 2. The van der Waals surface area contributed by atoms with Gasteiger partial charge in [-0.2, -0.15) is 0 Å². The van der Waals surface area contributed by atoms with Gasteiger partial charge in [0.1, 0.15) is 5.60 Å². The van der Waals surface area contributed by atoms with Gasteiger partial charge in [-0.15, -0.1) is 0 Å². The Bertz CT molecular complexity index is 466. The van der Waals surface area contributed by atoms with E-state index < -0.39 is 15.6 Å². The van der Waals surface area contributed by atoms with E-state index in [-0.39, 0.29) is 18.2 Å². The second-order valence-electron chi connectivity index (χ2n) is 5.14. The first-order valence-corrected chi connectivity index (χ1v) is 7.63. The van der Waals surface area contributed by atoms with Crippen molar-refractivity contribution in [3.63, 3.8) is 0 Å². The normalized spacial score (nSPS) is 15.6.